The van der Waals surface area contributed by atoms with Gasteiger partial charge < -0.3 is 10.6 Å². The Bertz CT molecular complexity index is 476. The van der Waals surface area contributed by atoms with Crippen LogP contribution in [0.25, 0.3) is 0 Å². The first kappa shape index (κ1) is 14.0. The van der Waals surface area contributed by atoms with Crippen LogP contribution >= 0.6 is 0 Å². The molecule has 18 heavy (non-hydrogen) atoms. The van der Waals surface area contributed by atoms with Crippen LogP contribution in [-0.4, -0.2) is 24.0 Å². The molecule has 0 spiro atoms. The lowest BCUT2D eigenvalue weighted by molar-refractivity contribution is -0.116. The Morgan fingerprint density at radius 1 is 1.56 bits per heavy atom. The molecule has 1 heterocycles. The second-order valence-corrected chi connectivity index (χ2v) is 4.71. The van der Waals surface area contributed by atoms with E-state index in [2.05, 4.69) is 24.9 Å². The fraction of sp³-hybridized carbons (Fsp3) is 0.462. The smallest absolute Gasteiger partial charge is 0.236 e. The molecule has 1 rings (SSSR count). The molecule has 0 atom stereocenters. The van der Waals surface area contributed by atoms with Crippen LogP contribution in [0.15, 0.2) is 12.1 Å². The van der Waals surface area contributed by atoms with Gasteiger partial charge in [0, 0.05) is 12.2 Å². The molecule has 0 radical (unpaired) electrons. The molecule has 0 aliphatic carbocycles. The Morgan fingerprint density at radius 3 is 2.72 bits per heavy atom. The average Bonchev–Trinajstić information content (AvgIpc) is 2.26. The molecule has 5 nitrogen and oxygen atoms in total. The second-order valence-electron chi connectivity index (χ2n) is 4.71. The van der Waals surface area contributed by atoms with E-state index in [0.29, 0.717) is 23.8 Å². The molecule has 5 heteroatoms. The van der Waals surface area contributed by atoms with Gasteiger partial charge in [-0.2, -0.15) is 5.26 Å². The van der Waals surface area contributed by atoms with E-state index >= 15 is 0 Å². The number of anilines is 1. The topological polar surface area (TPSA) is 83.0 Å². The van der Waals surface area contributed by atoms with Crippen molar-refractivity contribution in [1.29, 1.82) is 5.26 Å². The average molecular weight is 246 g/mol. The molecule has 0 saturated heterocycles. The van der Waals surface area contributed by atoms with Crippen LogP contribution in [-0.2, 0) is 4.79 Å². The fourth-order valence-electron chi connectivity index (χ4n) is 1.75. The number of hydrogen-bond acceptors (Lipinski definition) is 4. The van der Waals surface area contributed by atoms with Crippen molar-refractivity contribution in [3.05, 3.63) is 23.4 Å². The van der Waals surface area contributed by atoms with Crippen LogP contribution in [0.1, 0.15) is 25.1 Å². The summed E-state index contributed by atoms with van der Waals surface area (Å²) >= 11 is 0. The third-order valence-electron chi connectivity index (χ3n) is 2.33. The second kappa shape index (κ2) is 6.01. The number of carbonyl (C=O) groups excluding carboxylic acids is 1. The van der Waals surface area contributed by atoms with Crippen LogP contribution < -0.4 is 10.6 Å². The van der Waals surface area contributed by atoms with Crippen LogP contribution in [0.5, 0.6) is 0 Å². The zero-order valence-corrected chi connectivity index (χ0v) is 11.0. The molecule has 0 aliphatic rings. The minimum atomic E-state index is -0.405. The number of nitrogens with zero attached hydrogens (tertiary/aromatic N) is 3. The highest BCUT2D eigenvalue weighted by atomic mass is 16.1. The number of primary amides is 1. The van der Waals surface area contributed by atoms with Gasteiger partial charge in [0.05, 0.1) is 18.2 Å². The first-order chi connectivity index (χ1) is 8.42. The van der Waals surface area contributed by atoms with Gasteiger partial charge in [-0.15, -0.1) is 0 Å². The molecule has 1 aromatic rings. The summed E-state index contributed by atoms with van der Waals surface area (Å²) in [7, 11) is 0. The van der Waals surface area contributed by atoms with E-state index in [1.54, 1.807) is 17.0 Å². The van der Waals surface area contributed by atoms with Crippen LogP contribution in [0.2, 0.25) is 0 Å². The van der Waals surface area contributed by atoms with Gasteiger partial charge in [-0.05, 0) is 25.0 Å². The van der Waals surface area contributed by atoms with Gasteiger partial charge in [-0.1, -0.05) is 13.8 Å². The number of nitriles is 1. The monoisotopic (exact) mass is 246 g/mol. The summed E-state index contributed by atoms with van der Waals surface area (Å²) in [6.07, 6.45) is 0. The van der Waals surface area contributed by atoms with E-state index in [9.17, 15) is 4.79 Å². The number of aromatic nitrogens is 1. The van der Waals surface area contributed by atoms with Gasteiger partial charge in [0.1, 0.15) is 5.82 Å². The molecule has 0 aliphatic heterocycles. The molecular formula is C13H18N4O. The highest BCUT2D eigenvalue weighted by Crippen LogP contribution is 2.15. The quantitative estimate of drug-likeness (QED) is 0.846. The highest BCUT2D eigenvalue weighted by molar-refractivity contribution is 5.79. The first-order valence-electron chi connectivity index (χ1n) is 5.84. The van der Waals surface area contributed by atoms with E-state index in [1.165, 1.54) is 0 Å². The van der Waals surface area contributed by atoms with Crippen molar-refractivity contribution < 1.29 is 4.79 Å². The van der Waals surface area contributed by atoms with Crippen molar-refractivity contribution in [1.82, 2.24) is 4.98 Å². The molecule has 0 aromatic carbocycles. The van der Waals surface area contributed by atoms with Crippen molar-refractivity contribution in [2.45, 2.75) is 20.8 Å². The Balaban J connectivity index is 3.07. The van der Waals surface area contributed by atoms with Crippen molar-refractivity contribution >= 4 is 11.7 Å². The fourth-order valence-corrected chi connectivity index (χ4v) is 1.75. The minimum absolute atomic E-state index is 0.111. The maximum atomic E-state index is 11.1. The molecule has 0 fully saturated rings. The zero-order valence-electron chi connectivity index (χ0n) is 11.0. The van der Waals surface area contributed by atoms with Crippen molar-refractivity contribution in [3.8, 4) is 6.07 Å². The number of rotatable bonds is 5. The SMILES string of the molecule is Cc1cc(C#N)cc(N(CC(N)=O)CC(C)C)n1. The summed E-state index contributed by atoms with van der Waals surface area (Å²) in [5.41, 5.74) is 6.53. The zero-order chi connectivity index (χ0) is 13.7. The summed E-state index contributed by atoms with van der Waals surface area (Å²) in [5.74, 6) is 0.591. The number of amides is 1. The third kappa shape index (κ3) is 4.06. The van der Waals surface area contributed by atoms with Crippen LogP contribution in [0, 0.1) is 24.2 Å². The molecule has 1 amide bonds. The molecule has 1 aromatic heterocycles. The maximum absolute atomic E-state index is 11.1. The molecule has 0 unspecified atom stereocenters. The number of hydrogen-bond donors (Lipinski definition) is 1. The highest BCUT2D eigenvalue weighted by Gasteiger charge is 2.13. The molecule has 96 valence electrons. The summed E-state index contributed by atoms with van der Waals surface area (Å²) in [6.45, 7) is 6.70. The summed E-state index contributed by atoms with van der Waals surface area (Å²) in [4.78, 5) is 17.3. The third-order valence-corrected chi connectivity index (χ3v) is 2.33. The van der Waals surface area contributed by atoms with Gasteiger partial charge in [-0.25, -0.2) is 4.98 Å². The van der Waals surface area contributed by atoms with Gasteiger partial charge in [0.2, 0.25) is 5.91 Å². The van der Waals surface area contributed by atoms with Crippen molar-refractivity contribution in [2.24, 2.45) is 11.7 Å². The van der Waals surface area contributed by atoms with Crippen molar-refractivity contribution in [3.63, 3.8) is 0 Å². The van der Waals surface area contributed by atoms with E-state index in [-0.39, 0.29) is 6.54 Å². The molecule has 0 saturated carbocycles. The van der Waals surface area contributed by atoms with Crippen LogP contribution in [0.4, 0.5) is 5.82 Å². The summed E-state index contributed by atoms with van der Waals surface area (Å²) in [5, 5.41) is 8.94. The Kier molecular flexibility index (Phi) is 4.67. The van der Waals surface area contributed by atoms with E-state index in [0.717, 1.165) is 5.69 Å². The van der Waals surface area contributed by atoms with Gasteiger partial charge in [0.15, 0.2) is 0 Å². The molecule has 0 bridgehead atoms. The van der Waals surface area contributed by atoms with Gasteiger partial charge >= 0.3 is 0 Å². The Labute approximate surface area is 107 Å². The lowest BCUT2D eigenvalue weighted by atomic mass is 10.2. The van der Waals surface area contributed by atoms with E-state index in [4.69, 9.17) is 11.0 Å². The summed E-state index contributed by atoms with van der Waals surface area (Å²) in [6, 6.07) is 5.48. The Morgan fingerprint density at radius 2 is 2.22 bits per heavy atom. The largest absolute Gasteiger partial charge is 0.368 e. The van der Waals surface area contributed by atoms with E-state index < -0.39 is 5.91 Å². The lowest BCUT2D eigenvalue weighted by Crippen LogP contribution is -2.36. The summed E-state index contributed by atoms with van der Waals surface area (Å²) < 4.78 is 0. The van der Waals surface area contributed by atoms with Gasteiger partial charge in [0.25, 0.3) is 0 Å². The molecule has 2 N–H and O–H groups in total. The standard InChI is InChI=1S/C13H18N4O/c1-9(2)7-17(8-12(15)18)13-5-11(6-14)4-10(3)16-13/h4-5,9H,7-8H2,1-3H3,(H2,15,18). The number of nitrogens with two attached hydrogens (primary N) is 1. The van der Waals surface area contributed by atoms with Crippen molar-refractivity contribution in [2.75, 3.05) is 18.0 Å². The van der Waals surface area contributed by atoms with Crippen LogP contribution in [0.3, 0.4) is 0 Å². The number of aryl methyl sites for hydroxylation is 1. The lowest BCUT2D eigenvalue weighted by Gasteiger charge is -2.24. The molecular weight excluding hydrogens is 228 g/mol. The van der Waals surface area contributed by atoms with E-state index in [1.807, 2.05) is 6.92 Å². The predicted molar refractivity (Wildman–Crippen MR) is 69.9 cm³/mol. The van der Waals surface area contributed by atoms with Gasteiger partial charge in [-0.3, -0.25) is 4.79 Å². The minimum Gasteiger partial charge on any atom is -0.368 e. The number of carbonyl (C=O) groups is 1. The first-order valence-corrected chi connectivity index (χ1v) is 5.84. The Hall–Kier alpha value is -2.09. The predicted octanol–water partition coefficient (Wildman–Crippen LogP) is 1.21. The normalized spacial score (nSPS) is 10.2. The maximum Gasteiger partial charge on any atom is 0.236 e. The number of pyridine rings is 1.